The van der Waals surface area contributed by atoms with Crippen molar-refractivity contribution in [3.63, 3.8) is 0 Å². The van der Waals surface area contributed by atoms with Crippen LogP contribution in [0.5, 0.6) is 0 Å². The minimum Gasteiger partial charge on any atom is -0.391 e. The van der Waals surface area contributed by atoms with E-state index >= 15 is 0 Å². The highest BCUT2D eigenvalue weighted by Gasteiger charge is 2.31. The van der Waals surface area contributed by atoms with Gasteiger partial charge >= 0.3 is 0 Å². The number of hydrogen-bond donors (Lipinski definition) is 2. The number of rotatable bonds is 4. The quantitative estimate of drug-likeness (QED) is 0.691. The third-order valence-electron chi connectivity index (χ3n) is 2.77. The molecule has 1 atom stereocenters. The van der Waals surface area contributed by atoms with Crippen LogP contribution in [0, 0.1) is 0 Å². The molecule has 0 saturated heterocycles. The Morgan fingerprint density at radius 2 is 2.00 bits per heavy atom. The van der Waals surface area contributed by atoms with Crippen LogP contribution in [0.25, 0.3) is 0 Å². The lowest BCUT2D eigenvalue weighted by Crippen LogP contribution is -2.43. The molecule has 0 aliphatic heterocycles. The Bertz CT molecular complexity index is 142. The fraction of sp³-hybridized carbons (Fsp3) is 1.00. The van der Waals surface area contributed by atoms with Gasteiger partial charge in [0.05, 0.1) is 18.3 Å². The third-order valence-corrected chi connectivity index (χ3v) is 2.77. The average Bonchev–Trinajstić information content (AvgIpc) is 2.16. The second kappa shape index (κ2) is 4.94. The highest BCUT2D eigenvalue weighted by Crippen LogP contribution is 2.30. The zero-order chi connectivity index (χ0) is 9.73. The Hall–Kier alpha value is -0.120. The minimum atomic E-state index is -0.384. The molecule has 3 N–H and O–H groups in total. The minimum absolute atomic E-state index is 0.130. The lowest BCUT2D eigenvalue weighted by molar-refractivity contribution is -0.0896. The second-order valence-electron chi connectivity index (χ2n) is 4.11. The first kappa shape index (κ1) is 11.0. The Morgan fingerprint density at radius 1 is 1.38 bits per heavy atom. The normalized spacial score (nSPS) is 24.2. The van der Waals surface area contributed by atoms with Gasteiger partial charge in [0.15, 0.2) is 0 Å². The molecule has 0 aromatic heterocycles. The summed E-state index contributed by atoms with van der Waals surface area (Å²) in [5.74, 6) is 0. The van der Waals surface area contributed by atoms with Crippen molar-refractivity contribution in [1.29, 1.82) is 0 Å². The van der Waals surface area contributed by atoms with Crippen molar-refractivity contribution in [3.05, 3.63) is 0 Å². The Balaban J connectivity index is 2.38. The Morgan fingerprint density at radius 3 is 2.46 bits per heavy atom. The number of aliphatic hydroxyl groups is 1. The van der Waals surface area contributed by atoms with Gasteiger partial charge in [0.25, 0.3) is 0 Å². The van der Waals surface area contributed by atoms with Crippen molar-refractivity contribution in [2.24, 2.45) is 5.73 Å². The molecule has 1 aliphatic rings. The zero-order valence-corrected chi connectivity index (χ0v) is 8.46. The van der Waals surface area contributed by atoms with E-state index in [4.69, 9.17) is 15.6 Å². The van der Waals surface area contributed by atoms with Gasteiger partial charge in [-0.3, -0.25) is 0 Å². The number of ether oxygens (including phenoxy) is 1. The van der Waals surface area contributed by atoms with Gasteiger partial charge < -0.3 is 15.6 Å². The summed E-state index contributed by atoms with van der Waals surface area (Å²) in [5, 5.41) is 9.13. The van der Waals surface area contributed by atoms with Crippen LogP contribution in [-0.2, 0) is 4.74 Å². The maximum Gasteiger partial charge on any atom is 0.0805 e. The van der Waals surface area contributed by atoms with E-state index in [2.05, 4.69) is 0 Å². The highest BCUT2D eigenvalue weighted by atomic mass is 16.5. The summed E-state index contributed by atoms with van der Waals surface area (Å²) >= 11 is 0. The van der Waals surface area contributed by atoms with Crippen LogP contribution in [0.2, 0.25) is 0 Å². The van der Waals surface area contributed by atoms with Gasteiger partial charge in [0, 0.05) is 6.54 Å². The van der Waals surface area contributed by atoms with E-state index in [0.717, 1.165) is 12.8 Å². The Kier molecular flexibility index (Phi) is 4.16. The first-order valence-electron chi connectivity index (χ1n) is 5.21. The molecule has 3 heteroatoms. The van der Waals surface area contributed by atoms with Gasteiger partial charge in [-0.05, 0) is 19.8 Å². The molecule has 0 aromatic carbocycles. The molecular formula is C10H21NO2. The van der Waals surface area contributed by atoms with Crippen LogP contribution in [0.3, 0.4) is 0 Å². The predicted molar refractivity (Wildman–Crippen MR) is 52.5 cm³/mol. The van der Waals surface area contributed by atoms with Crippen LogP contribution >= 0.6 is 0 Å². The van der Waals surface area contributed by atoms with E-state index in [1.807, 2.05) is 0 Å². The summed E-state index contributed by atoms with van der Waals surface area (Å²) in [4.78, 5) is 0. The fourth-order valence-corrected chi connectivity index (χ4v) is 1.90. The third kappa shape index (κ3) is 3.25. The molecule has 3 nitrogen and oxygen atoms in total. The van der Waals surface area contributed by atoms with E-state index in [9.17, 15) is 0 Å². The van der Waals surface area contributed by atoms with Crippen molar-refractivity contribution in [3.8, 4) is 0 Å². The van der Waals surface area contributed by atoms with E-state index in [1.165, 1.54) is 19.3 Å². The SMILES string of the molecule is CC(O)COC1(CN)CCCCC1. The molecule has 78 valence electrons. The summed E-state index contributed by atoms with van der Waals surface area (Å²) in [6.45, 7) is 2.74. The molecule has 0 heterocycles. The van der Waals surface area contributed by atoms with E-state index in [0.29, 0.717) is 13.2 Å². The number of hydrogen-bond acceptors (Lipinski definition) is 3. The van der Waals surface area contributed by atoms with E-state index < -0.39 is 0 Å². The first-order valence-corrected chi connectivity index (χ1v) is 5.21. The summed E-state index contributed by atoms with van der Waals surface area (Å²) in [6, 6.07) is 0. The monoisotopic (exact) mass is 187 g/mol. The van der Waals surface area contributed by atoms with Gasteiger partial charge in [0.1, 0.15) is 0 Å². The zero-order valence-electron chi connectivity index (χ0n) is 8.46. The molecule has 13 heavy (non-hydrogen) atoms. The van der Waals surface area contributed by atoms with Gasteiger partial charge in [-0.2, -0.15) is 0 Å². The van der Waals surface area contributed by atoms with E-state index in [1.54, 1.807) is 6.92 Å². The summed E-state index contributed by atoms with van der Waals surface area (Å²) < 4.78 is 5.71. The molecule has 0 amide bonds. The van der Waals surface area contributed by atoms with Crippen LogP contribution in [0.4, 0.5) is 0 Å². The molecule has 1 aliphatic carbocycles. The summed E-state index contributed by atoms with van der Waals surface area (Å²) in [7, 11) is 0. The maximum absolute atomic E-state index is 9.13. The lowest BCUT2D eigenvalue weighted by Gasteiger charge is -2.36. The van der Waals surface area contributed by atoms with Gasteiger partial charge in [-0.15, -0.1) is 0 Å². The van der Waals surface area contributed by atoms with Crippen molar-refractivity contribution >= 4 is 0 Å². The fourth-order valence-electron chi connectivity index (χ4n) is 1.90. The van der Waals surface area contributed by atoms with Gasteiger partial charge in [0.2, 0.25) is 0 Å². The topological polar surface area (TPSA) is 55.5 Å². The average molecular weight is 187 g/mol. The van der Waals surface area contributed by atoms with Crippen LogP contribution < -0.4 is 5.73 Å². The summed E-state index contributed by atoms with van der Waals surface area (Å²) in [5.41, 5.74) is 5.59. The molecular weight excluding hydrogens is 166 g/mol. The Labute approximate surface area is 80.3 Å². The highest BCUT2D eigenvalue weighted by molar-refractivity contribution is 4.85. The second-order valence-corrected chi connectivity index (χ2v) is 4.11. The molecule has 0 spiro atoms. The number of nitrogens with two attached hydrogens (primary N) is 1. The molecule has 1 fully saturated rings. The van der Waals surface area contributed by atoms with Crippen molar-refractivity contribution in [1.82, 2.24) is 0 Å². The first-order chi connectivity index (χ1) is 6.18. The molecule has 0 radical (unpaired) electrons. The van der Waals surface area contributed by atoms with Crippen molar-refractivity contribution in [2.75, 3.05) is 13.2 Å². The molecule has 0 bridgehead atoms. The van der Waals surface area contributed by atoms with Crippen molar-refractivity contribution in [2.45, 2.75) is 50.7 Å². The smallest absolute Gasteiger partial charge is 0.0805 e. The molecule has 1 rings (SSSR count). The molecule has 1 saturated carbocycles. The predicted octanol–water partition coefficient (Wildman–Crippen LogP) is 1.05. The summed E-state index contributed by atoms with van der Waals surface area (Å²) in [6.07, 6.45) is 5.42. The largest absolute Gasteiger partial charge is 0.391 e. The van der Waals surface area contributed by atoms with Crippen LogP contribution in [0.1, 0.15) is 39.0 Å². The molecule has 0 aromatic rings. The van der Waals surface area contributed by atoms with Gasteiger partial charge in [-0.25, -0.2) is 0 Å². The van der Waals surface area contributed by atoms with Crippen LogP contribution in [-0.4, -0.2) is 30.0 Å². The number of aliphatic hydroxyl groups excluding tert-OH is 1. The van der Waals surface area contributed by atoms with E-state index in [-0.39, 0.29) is 11.7 Å². The van der Waals surface area contributed by atoms with Crippen molar-refractivity contribution < 1.29 is 9.84 Å². The lowest BCUT2D eigenvalue weighted by atomic mass is 9.84. The maximum atomic E-state index is 9.13. The molecule has 1 unspecified atom stereocenters. The van der Waals surface area contributed by atoms with Crippen LogP contribution in [0.15, 0.2) is 0 Å². The van der Waals surface area contributed by atoms with Gasteiger partial charge in [-0.1, -0.05) is 19.3 Å². The standard InChI is InChI=1S/C10H21NO2/c1-9(12)7-13-10(8-11)5-3-2-4-6-10/h9,12H,2-8,11H2,1H3.